The molecule has 0 aliphatic heterocycles. The van der Waals surface area contributed by atoms with E-state index in [2.05, 4.69) is 50.3 Å². The highest BCUT2D eigenvalue weighted by Crippen LogP contribution is 2.43. The first-order valence-corrected chi connectivity index (χ1v) is 27.5. The quantitative estimate of drug-likeness (QED) is 0.0265. The zero-order valence-electron chi connectivity index (χ0n) is 40.4. The Morgan fingerprint density at radius 3 is 1.32 bits per heavy atom. The number of hydrogen-bond acceptors (Lipinski definition) is 8. The summed E-state index contributed by atoms with van der Waals surface area (Å²) in [6.45, 7) is 3.62. The van der Waals surface area contributed by atoms with E-state index in [1.54, 1.807) is 0 Å². The molecule has 0 aliphatic carbocycles. The smallest absolute Gasteiger partial charge is 0.462 e. The van der Waals surface area contributed by atoms with Crippen molar-refractivity contribution in [3.8, 4) is 0 Å². The number of nitrogens with two attached hydrogens (primary N) is 1. The van der Waals surface area contributed by atoms with Crippen LogP contribution in [0.15, 0.2) is 36.5 Å². The van der Waals surface area contributed by atoms with E-state index < -0.39 is 26.5 Å². The van der Waals surface area contributed by atoms with Crippen molar-refractivity contribution in [3.05, 3.63) is 36.5 Å². The van der Waals surface area contributed by atoms with Crippen molar-refractivity contribution in [3.63, 3.8) is 0 Å². The molecule has 0 aromatic heterocycles. The minimum absolute atomic E-state index is 0.0490. The van der Waals surface area contributed by atoms with Gasteiger partial charge in [0.1, 0.15) is 6.61 Å². The van der Waals surface area contributed by atoms with Crippen LogP contribution < -0.4 is 5.73 Å². The fraction of sp³-hybridized carbons (Fsp3) is 0.846. The summed E-state index contributed by atoms with van der Waals surface area (Å²) in [6.07, 6.45) is 56.5. The van der Waals surface area contributed by atoms with Crippen LogP contribution in [-0.2, 0) is 32.7 Å². The second-order valence-corrected chi connectivity index (χ2v) is 18.8. The fourth-order valence-electron chi connectivity index (χ4n) is 7.48. The van der Waals surface area contributed by atoms with Crippen molar-refractivity contribution in [1.82, 2.24) is 0 Å². The van der Waals surface area contributed by atoms with Crippen LogP contribution in [0.25, 0.3) is 0 Å². The third-order valence-electron chi connectivity index (χ3n) is 11.3. The molecule has 9 nitrogen and oxygen atoms in total. The average Bonchev–Trinajstić information content (AvgIpc) is 3.26. The third kappa shape index (κ3) is 47.7. The summed E-state index contributed by atoms with van der Waals surface area (Å²) in [5.41, 5.74) is 5.36. The molecule has 0 rings (SSSR count). The zero-order valence-corrected chi connectivity index (χ0v) is 41.3. The highest BCUT2D eigenvalue weighted by atomic mass is 31.2. The molecule has 0 aliphatic rings. The molecule has 0 saturated carbocycles. The molecular weight excluding hydrogens is 798 g/mol. The van der Waals surface area contributed by atoms with Crippen LogP contribution in [0.1, 0.15) is 251 Å². The van der Waals surface area contributed by atoms with E-state index in [1.807, 2.05) is 0 Å². The molecule has 0 fully saturated rings. The number of unbranched alkanes of at least 4 members (excludes halogenated alkanes) is 30. The van der Waals surface area contributed by atoms with Gasteiger partial charge in [0.2, 0.25) is 0 Å². The van der Waals surface area contributed by atoms with Crippen molar-refractivity contribution in [2.45, 2.75) is 258 Å². The van der Waals surface area contributed by atoms with Gasteiger partial charge in [0, 0.05) is 19.4 Å². The van der Waals surface area contributed by atoms with Gasteiger partial charge in [0.25, 0.3) is 0 Å². The van der Waals surface area contributed by atoms with E-state index in [0.717, 1.165) is 57.8 Å². The van der Waals surface area contributed by atoms with Gasteiger partial charge >= 0.3 is 19.8 Å². The molecule has 3 N–H and O–H groups in total. The van der Waals surface area contributed by atoms with Crippen LogP contribution in [0.4, 0.5) is 0 Å². The Bertz CT molecular complexity index is 1110. The normalized spacial score (nSPS) is 13.4. The maximum atomic E-state index is 12.6. The van der Waals surface area contributed by atoms with Gasteiger partial charge < -0.3 is 20.1 Å². The predicted molar refractivity (Wildman–Crippen MR) is 261 cm³/mol. The first-order valence-electron chi connectivity index (χ1n) is 26.0. The van der Waals surface area contributed by atoms with Crippen molar-refractivity contribution < 1.29 is 37.6 Å². The molecule has 0 bridgehead atoms. The number of rotatable bonds is 49. The van der Waals surface area contributed by atoms with Gasteiger partial charge in [-0.25, -0.2) is 4.57 Å². The van der Waals surface area contributed by atoms with Crippen LogP contribution in [0.2, 0.25) is 0 Å². The first-order chi connectivity index (χ1) is 30.3. The summed E-state index contributed by atoms with van der Waals surface area (Å²) >= 11 is 0. The molecule has 2 atom stereocenters. The number of ether oxygens (including phenoxy) is 2. The molecule has 0 amide bonds. The van der Waals surface area contributed by atoms with Gasteiger partial charge in [-0.3, -0.25) is 18.6 Å². The van der Waals surface area contributed by atoms with Gasteiger partial charge in [-0.2, -0.15) is 0 Å². The lowest BCUT2D eigenvalue weighted by Crippen LogP contribution is -2.29. The fourth-order valence-corrected chi connectivity index (χ4v) is 8.24. The Morgan fingerprint density at radius 1 is 0.500 bits per heavy atom. The van der Waals surface area contributed by atoms with Crippen molar-refractivity contribution in [1.29, 1.82) is 0 Å². The highest BCUT2D eigenvalue weighted by Gasteiger charge is 2.26. The lowest BCUT2D eigenvalue weighted by molar-refractivity contribution is -0.161. The van der Waals surface area contributed by atoms with Crippen molar-refractivity contribution in [2.24, 2.45) is 5.73 Å². The van der Waals surface area contributed by atoms with E-state index in [9.17, 15) is 19.0 Å². The van der Waals surface area contributed by atoms with E-state index >= 15 is 0 Å². The maximum absolute atomic E-state index is 12.6. The largest absolute Gasteiger partial charge is 0.472 e. The van der Waals surface area contributed by atoms with Crippen LogP contribution in [-0.4, -0.2) is 49.3 Å². The summed E-state index contributed by atoms with van der Waals surface area (Å²) in [5, 5.41) is 0. The van der Waals surface area contributed by atoms with E-state index in [0.29, 0.717) is 6.42 Å². The van der Waals surface area contributed by atoms with E-state index in [4.69, 9.17) is 24.3 Å². The standard InChI is InChI=1S/C52H98NO8P/c1-3-5-7-9-11-13-15-17-18-19-20-21-22-23-24-25-26-27-28-29-30-31-33-34-36-38-40-42-44-51(54)58-48-50(49-60-62(56,57)59-47-46-53)61-52(55)45-43-41-39-37-35-32-16-14-12-10-8-6-4-2/h6,8,12,14,32,35,50H,3-5,7,9-11,13,15-31,33-34,36-49,53H2,1-2H3,(H,56,57)/b8-6-,14-12-,35-32-. The minimum atomic E-state index is -4.39. The summed E-state index contributed by atoms with van der Waals surface area (Å²) in [7, 11) is -4.39. The molecule has 0 spiro atoms. The second kappa shape index (κ2) is 48.7. The lowest BCUT2D eigenvalue weighted by Gasteiger charge is -2.19. The Hall–Kier alpha value is -1.77. The number of allylic oxidation sites excluding steroid dienone is 6. The second-order valence-electron chi connectivity index (χ2n) is 17.4. The summed E-state index contributed by atoms with van der Waals surface area (Å²) in [6, 6.07) is 0. The summed E-state index contributed by atoms with van der Waals surface area (Å²) in [4.78, 5) is 35.0. The Balaban J connectivity index is 3.89. The average molecular weight is 896 g/mol. The Labute approximate surface area is 382 Å². The summed E-state index contributed by atoms with van der Waals surface area (Å²) in [5.74, 6) is -0.854. The van der Waals surface area contributed by atoms with Gasteiger partial charge in [-0.1, -0.05) is 230 Å². The molecule has 2 unspecified atom stereocenters. The van der Waals surface area contributed by atoms with Crippen LogP contribution in [0.5, 0.6) is 0 Å². The molecule has 364 valence electrons. The van der Waals surface area contributed by atoms with Gasteiger partial charge in [0.05, 0.1) is 13.2 Å². The predicted octanol–water partition coefficient (Wildman–Crippen LogP) is 15.7. The Morgan fingerprint density at radius 2 is 0.887 bits per heavy atom. The zero-order chi connectivity index (χ0) is 45.3. The molecule has 0 radical (unpaired) electrons. The van der Waals surface area contributed by atoms with Crippen LogP contribution in [0.3, 0.4) is 0 Å². The lowest BCUT2D eigenvalue weighted by atomic mass is 10.0. The minimum Gasteiger partial charge on any atom is -0.462 e. The number of esters is 2. The molecule has 0 aromatic carbocycles. The Kier molecular flexibility index (Phi) is 47.3. The van der Waals surface area contributed by atoms with Crippen LogP contribution in [0, 0.1) is 0 Å². The number of carbonyl (C=O) groups excluding carboxylic acids is 2. The first kappa shape index (κ1) is 60.2. The van der Waals surface area contributed by atoms with Gasteiger partial charge in [0.15, 0.2) is 6.10 Å². The highest BCUT2D eigenvalue weighted by molar-refractivity contribution is 7.47. The van der Waals surface area contributed by atoms with Crippen molar-refractivity contribution in [2.75, 3.05) is 26.4 Å². The van der Waals surface area contributed by atoms with Crippen LogP contribution >= 0.6 is 7.82 Å². The molecule has 0 aromatic rings. The van der Waals surface area contributed by atoms with E-state index in [-0.39, 0.29) is 38.6 Å². The summed E-state index contributed by atoms with van der Waals surface area (Å²) < 4.78 is 32.8. The number of phosphoric ester groups is 1. The molecule has 0 saturated heterocycles. The molecule has 10 heteroatoms. The topological polar surface area (TPSA) is 134 Å². The number of phosphoric acid groups is 1. The monoisotopic (exact) mass is 896 g/mol. The molecular formula is C52H98NO8P. The number of hydrogen-bond donors (Lipinski definition) is 2. The maximum Gasteiger partial charge on any atom is 0.472 e. The van der Waals surface area contributed by atoms with Gasteiger partial charge in [-0.15, -0.1) is 0 Å². The number of carbonyl (C=O) groups is 2. The van der Waals surface area contributed by atoms with E-state index in [1.165, 1.54) is 161 Å². The molecule has 62 heavy (non-hydrogen) atoms. The van der Waals surface area contributed by atoms with Crippen molar-refractivity contribution >= 4 is 19.8 Å². The SMILES string of the molecule is CC/C=C\C/C=C\C/C=C\CCCCCC(=O)OC(COC(=O)CCCCCCCCCCCCCCCCCCCCCCCCCCCCCC)COP(=O)(O)OCCN. The third-order valence-corrected chi connectivity index (χ3v) is 12.3. The molecule has 0 heterocycles. The van der Waals surface area contributed by atoms with Gasteiger partial charge in [-0.05, 0) is 44.9 Å².